The Kier molecular flexibility index (Phi) is 5.05. The fourth-order valence-electron chi connectivity index (χ4n) is 4.54. The van der Waals surface area contributed by atoms with Gasteiger partial charge in [-0.15, -0.1) is 0 Å². The first-order valence-electron chi connectivity index (χ1n) is 10.2. The van der Waals surface area contributed by atoms with Crippen LogP contribution in [0.2, 0.25) is 5.02 Å². The van der Waals surface area contributed by atoms with E-state index in [0.29, 0.717) is 24.8 Å². The molecule has 3 aliphatic heterocycles. The minimum absolute atomic E-state index is 0.00874. The van der Waals surface area contributed by atoms with Gasteiger partial charge >= 0.3 is 0 Å². The number of nitrogens with two attached hydrogens (primary N) is 1. The van der Waals surface area contributed by atoms with Crippen molar-refractivity contribution in [2.45, 2.75) is 43.6 Å². The second-order valence-corrected chi connectivity index (χ2v) is 8.27. The molecule has 2 N–H and O–H groups in total. The molecule has 1 aromatic carbocycles. The number of aromatic nitrogens is 1. The number of nitrogens with zero attached hydrogens (tertiary/aromatic N) is 2. The van der Waals surface area contributed by atoms with Crippen LogP contribution in [0.15, 0.2) is 41.7 Å². The van der Waals surface area contributed by atoms with E-state index in [1.807, 2.05) is 25.1 Å². The van der Waals surface area contributed by atoms with Crippen molar-refractivity contribution in [3.63, 3.8) is 0 Å². The van der Waals surface area contributed by atoms with E-state index in [-0.39, 0.29) is 24.3 Å². The van der Waals surface area contributed by atoms with Gasteiger partial charge in [0.25, 0.3) is 6.02 Å². The second kappa shape index (κ2) is 7.72. The zero-order valence-electron chi connectivity index (χ0n) is 16.7. The lowest BCUT2D eigenvalue weighted by Crippen LogP contribution is -2.57. The van der Waals surface area contributed by atoms with E-state index in [4.69, 9.17) is 41.3 Å². The molecule has 1 fully saturated rings. The Balaban J connectivity index is 1.57. The maximum Gasteiger partial charge on any atom is 0.283 e. The molecular weight excluding hydrogens is 406 g/mol. The van der Waals surface area contributed by atoms with Gasteiger partial charge in [0, 0.05) is 30.1 Å². The van der Waals surface area contributed by atoms with Gasteiger partial charge in [-0.3, -0.25) is 4.98 Å². The molecule has 0 radical (unpaired) electrons. The normalized spacial score (nSPS) is 29.5. The fraction of sp³-hybridized carbons (Fsp3) is 0.455. The summed E-state index contributed by atoms with van der Waals surface area (Å²) in [5.74, 6) is 0.781. The smallest absolute Gasteiger partial charge is 0.283 e. The molecule has 8 heteroatoms. The van der Waals surface area contributed by atoms with E-state index < -0.39 is 5.54 Å². The zero-order chi connectivity index (χ0) is 20.7. The Morgan fingerprint density at radius 3 is 2.90 bits per heavy atom. The number of hydrogen-bond acceptors (Lipinski definition) is 7. The summed E-state index contributed by atoms with van der Waals surface area (Å²) in [6, 6.07) is 8.09. The molecule has 7 nitrogen and oxygen atoms in total. The van der Waals surface area contributed by atoms with Crippen molar-refractivity contribution in [2.75, 3.05) is 19.8 Å². The Morgan fingerprint density at radius 2 is 2.13 bits per heavy atom. The average molecular weight is 430 g/mol. The van der Waals surface area contributed by atoms with Crippen molar-refractivity contribution < 1.29 is 18.9 Å². The molecule has 2 unspecified atom stereocenters. The molecule has 2 aromatic rings. The Bertz CT molecular complexity index is 985. The number of aliphatic imine (C=N–C) groups is 1. The van der Waals surface area contributed by atoms with Gasteiger partial charge in [-0.05, 0) is 43.5 Å². The van der Waals surface area contributed by atoms with Gasteiger partial charge < -0.3 is 24.7 Å². The van der Waals surface area contributed by atoms with Crippen LogP contribution in [0.5, 0.6) is 5.75 Å². The summed E-state index contributed by atoms with van der Waals surface area (Å²) in [5, 5.41) is 0.581. The standard InChI is InChI=1S/C22H24ClN3O4/c1-2-27-11-16-4-6-19-20(29-16)22(12-28-21(24)26-22)17-8-13(3-5-18(17)30-19)14-7-15(23)10-25-9-14/h3,5,7-10,16,19-20H,2,4,6,11-12H2,1H3,(H2,24,26)/t16?,19-,20-,22?/m0/s1. The second-order valence-electron chi connectivity index (χ2n) is 7.84. The molecule has 0 aliphatic carbocycles. The molecule has 1 saturated heterocycles. The first-order chi connectivity index (χ1) is 14.6. The predicted octanol–water partition coefficient (Wildman–Crippen LogP) is 3.29. The molecule has 0 bridgehead atoms. The number of ether oxygens (including phenoxy) is 4. The van der Waals surface area contributed by atoms with Crippen molar-refractivity contribution in [3.8, 4) is 16.9 Å². The third kappa shape index (κ3) is 3.31. The number of rotatable bonds is 4. The lowest BCUT2D eigenvalue weighted by Gasteiger charge is -2.47. The van der Waals surface area contributed by atoms with Gasteiger partial charge in [-0.2, -0.15) is 0 Å². The summed E-state index contributed by atoms with van der Waals surface area (Å²) >= 11 is 6.15. The van der Waals surface area contributed by atoms with Crippen LogP contribution in [0.1, 0.15) is 25.3 Å². The SMILES string of the molecule is CCOCC1CC[C@@H]2Oc3ccc(-c4cncc(Cl)c4)cc3C3(COC(N)=N3)[C@H]2O1. The molecule has 4 heterocycles. The summed E-state index contributed by atoms with van der Waals surface area (Å²) in [7, 11) is 0. The number of hydrogen-bond donors (Lipinski definition) is 1. The van der Waals surface area contributed by atoms with Crippen molar-refractivity contribution in [1.82, 2.24) is 4.98 Å². The summed E-state index contributed by atoms with van der Waals surface area (Å²) < 4.78 is 24.1. The van der Waals surface area contributed by atoms with Gasteiger partial charge in [0.15, 0.2) is 5.54 Å². The third-order valence-corrected chi connectivity index (χ3v) is 6.15. The quantitative estimate of drug-likeness (QED) is 0.802. The van der Waals surface area contributed by atoms with Crippen LogP contribution in [0, 0.1) is 0 Å². The fourth-order valence-corrected chi connectivity index (χ4v) is 4.72. The molecule has 5 rings (SSSR count). The molecule has 0 amide bonds. The highest BCUT2D eigenvalue weighted by molar-refractivity contribution is 6.30. The molecule has 3 aliphatic rings. The van der Waals surface area contributed by atoms with Gasteiger partial charge in [0.2, 0.25) is 0 Å². The van der Waals surface area contributed by atoms with E-state index in [2.05, 4.69) is 11.1 Å². The summed E-state index contributed by atoms with van der Waals surface area (Å²) in [4.78, 5) is 8.96. The topological polar surface area (TPSA) is 88.2 Å². The molecule has 4 atom stereocenters. The van der Waals surface area contributed by atoms with E-state index in [1.54, 1.807) is 12.4 Å². The summed E-state index contributed by atoms with van der Waals surface area (Å²) in [6.07, 6.45) is 4.70. The number of benzene rings is 1. The highest BCUT2D eigenvalue weighted by Gasteiger charge is 2.56. The van der Waals surface area contributed by atoms with Gasteiger partial charge in [-0.25, -0.2) is 4.99 Å². The predicted molar refractivity (Wildman–Crippen MR) is 113 cm³/mol. The number of pyridine rings is 1. The molecule has 30 heavy (non-hydrogen) atoms. The van der Waals surface area contributed by atoms with Crippen LogP contribution >= 0.6 is 11.6 Å². The lowest BCUT2D eigenvalue weighted by molar-refractivity contribution is -0.167. The summed E-state index contributed by atoms with van der Waals surface area (Å²) in [6.45, 7) is 3.50. The minimum atomic E-state index is -0.755. The largest absolute Gasteiger partial charge is 0.487 e. The lowest BCUT2D eigenvalue weighted by atomic mass is 9.77. The van der Waals surface area contributed by atoms with E-state index in [9.17, 15) is 0 Å². The van der Waals surface area contributed by atoms with Gasteiger partial charge in [-0.1, -0.05) is 17.7 Å². The number of amidine groups is 1. The van der Waals surface area contributed by atoms with Crippen LogP contribution in [0.3, 0.4) is 0 Å². The zero-order valence-corrected chi connectivity index (χ0v) is 17.5. The van der Waals surface area contributed by atoms with Crippen molar-refractivity contribution >= 4 is 17.6 Å². The average Bonchev–Trinajstić information content (AvgIpc) is 3.15. The highest BCUT2D eigenvalue weighted by Crippen LogP contribution is 2.49. The molecule has 158 valence electrons. The first-order valence-corrected chi connectivity index (χ1v) is 10.6. The number of fused-ring (bicyclic) bond motifs is 4. The Labute approximate surface area is 180 Å². The van der Waals surface area contributed by atoms with Crippen LogP contribution in [-0.4, -0.2) is 49.1 Å². The van der Waals surface area contributed by atoms with Crippen LogP contribution in [-0.2, 0) is 19.7 Å². The monoisotopic (exact) mass is 429 g/mol. The maximum absolute atomic E-state index is 6.47. The molecular formula is C22H24ClN3O4. The maximum atomic E-state index is 6.47. The Hall–Kier alpha value is -2.35. The highest BCUT2D eigenvalue weighted by atomic mass is 35.5. The van der Waals surface area contributed by atoms with Crippen LogP contribution in [0.4, 0.5) is 0 Å². The van der Waals surface area contributed by atoms with Crippen LogP contribution < -0.4 is 10.5 Å². The van der Waals surface area contributed by atoms with E-state index in [0.717, 1.165) is 35.3 Å². The van der Waals surface area contributed by atoms with Crippen LogP contribution in [0.25, 0.3) is 11.1 Å². The first kappa shape index (κ1) is 19.6. The van der Waals surface area contributed by atoms with Crippen molar-refractivity contribution in [1.29, 1.82) is 0 Å². The minimum Gasteiger partial charge on any atom is -0.487 e. The molecule has 1 aromatic heterocycles. The van der Waals surface area contributed by atoms with E-state index >= 15 is 0 Å². The van der Waals surface area contributed by atoms with Gasteiger partial charge in [0.1, 0.15) is 24.6 Å². The van der Waals surface area contributed by atoms with E-state index in [1.165, 1.54) is 0 Å². The van der Waals surface area contributed by atoms with Gasteiger partial charge in [0.05, 0.1) is 17.7 Å². The Morgan fingerprint density at radius 1 is 1.23 bits per heavy atom. The third-order valence-electron chi connectivity index (χ3n) is 5.94. The molecule has 0 saturated carbocycles. The number of halogens is 1. The summed E-state index contributed by atoms with van der Waals surface area (Å²) in [5.41, 5.74) is 8.01. The van der Waals surface area contributed by atoms with Crippen molar-refractivity contribution in [2.24, 2.45) is 10.7 Å². The van der Waals surface area contributed by atoms with Crippen molar-refractivity contribution in [3.05, 3.63) is 47.2 Å². The molecule has 1 spiro atoms.